The van der Waals surface area contributed by atoms with Crippen molar-refractivity contribution in [3.8, 4) is 0 Å². The molecule has 0 aromatic heterocycles. The highest BCUT2D eigenvalue weighted by Gasteiger charge is 2.31. The summed E-state index contributed by atoms with van der Waals surface area (Å²) in [5, 5.41) is 0. The van der Waals surface area contributed by atoms with Crippen LogP contribution in [0.25, 0.3) is 0 Å². The van der Waals surface area contributed by atoms with Gasteiger partial charge in [0.1, 0.15) is 4.99 Å². The summed E-state index contributed by atoms with van der Waals surface area (Å²) in [6.45, 7) is 1.60. The van der Waals surface area contributed by atoms with E-state index in [-0.39, 0.29) is 0 Å². The van der Waals surface area contributed by atoms with E-state index in [1.165, 1.54) is 12.8 Å². The smallest absolute Gasteiger partial charge is 0.107 e. The molecular weight excluding hydrogens is 276 g/mol. The van der Waals surface area contributed by atoms with Gasteiger partial charge >= 0.3 is 0 Å². The van der Waals surface area contributed by atoms with Crippen molar-refractivity contribution in [1.29, 1.82) is 0 Å². The second-order valence-corrected chi connectivity index (χ2v) is 5.92. The van der Waals surface area contributed by atoms with E-state index < -0.39 is 0 Å². The highest BCUT2D eigenvalue weighted by Crippen LogP contribution is 2.36. The third kappa shape index (κ3) is 3.41. The molecule has 1 aromatic rings. The summed E-state index contributed by atoms with van der Waals surface area (Å²) in [6, 6.07) is 6.87. The Morgan fingerprint density at radius 2 is 2.26 bits per heavy atom. The lowest BCUT2D eigenvalue weighted by molar-refractivity contribution is 0.205. The zero-order valence-corrected chi connectivity index (χ0v) is 13.0. The molecule has 1 fully saturated rings. The maximum Gasteiger partial charge on any atom is 0.107 e. The van der Waals surface area contributed by atoms with Gasteiger partial charge in [0, 0.05) is 35.8 Å². The molecule has 19 heavy (non-hydrogen) atoms. The van der Waals surface area contributed by atoms with E-state index in [4.69, 9.17) is 22.7 Å². The van der Waals surface area contributed by atoms with Crippen LogP contribution in [-0.4, -0.2) is 37.5 Å². The van der Waals surface area contributed by atoms with Crippen LogP contribution in [0, 0.1) is 0 Å². The number of nitrogens with two attached hydrogens (primary N) is 1. The van der Waals surface area contributed by atoms with Gasteiger partial charge in [-0.05, 0) is 31.2 Å². The Balaban J connectivity index is 2.37. The van der Waals surface area contributed by atoms with Crippen molar-refractivity contribution < 1.29 is 4.74 Å². The predicted molar refractivity (Wildman–Crippen MR) is 86.4 cm³/mol. The first-order valence-corrected chi connectivity index (χ1v) is 8.04. The Morgan fingerprint density at radius 3 is 2.79 bits per heavy atom. The van der Waals surface area contributed by atoms with E-state index >= 15 is 0 Å². The number of rotatable bonds is 7. The highest BCUT2D eigenvalue weighted by molar-refractivity contribution is 7.98. The Bertz CT molecular complexity index is 461. The summed E-state index contributed by atoms with van der Waals surface area (Å²) < 4.78 is 5.22. The number of thiocarbonyl (C=S) groups is 1. The number of hydrogen-bond donors (Lipinski definition) is 1. The number of benzene rings is 1. The second kappa shape index (κ2) is 6.59. The molecule has 5 heteroatoms. The van der Waals surface area contributed by atoms with Gasteiger partial charge in [0.25, 0.3) is 0 Å². The summed E-state index contributed by atoms with van der Waals surface area (Å²) >= 11 is 6.93. The van der Waals surface area contributed by atoms with Crippen LogP contribution in [0.4, 0.5) is 5.69 Å². The van der Waals surface area contributed by atoms with Crippen LogP contribution >= 0.6 is 24.0 Å². The van der Waals surface area contributed by atoms with Crippen molar-refractivity contribution in [2.75, 3.05) is 31.4 Å². The number of hydrogen-bond acceptors (Lipinski definition) is 4. The van der Waals surface area contributed by atoms with Crippen LogP contribution in [0.5, 0.6) is 0 Å². The second-order valence-electron chi connectivity index (χ2n) is 4.64. The van der Waals surface area contributed by atoms with Crippen LogP contribution in [0.3, 0.4) is 0 Å². The SMILES string of the molecule is COCCN(c1cccc(SC)c1C(N)=S)C1CC1. The summed E-state index contributed by atoms with van der Waals surface area (Å²) in [6.07, 6.45) is 4.53. The third-order valence-corrected chi connectivity index (χ3v) is 4.29. The first-order chi connectivity index (χ1) is 9.19. The molecule has 0 amide bonds. The van der Waals surface area contributed by atoms with Gasteiger partial charge in [0.2, 0.25) is 0 Å². The van der Waals surface area contributed by atoms with E-state index in [0.29, 0.717) is 11.0 Å². The Labute approximate surface area is 124 Å². The quantitative estimate of drug-likeness (QED) is 0.618. The summed E-state index contributed by atoms with van der Waals surface area (Å²) in [4.78, 5) is 4.01. The van der Waals surface area contributed by atoms with E-state index in [2.05, 4.69) is 29.4 Å². The van der Waals surface area contributed by atoms with E-state index in [1.54, 1.807) is 18.9 Å². The Kier molecular flexibility index (Phi) is 5.07. The fourth-order valence-electron chi connectivity index (χ4n) is 2.25. The molecule has 0 aliphatic heterocycles. The fraction of sp³-hybridized carbons (Fsp3) is 0.500. The van der Waals surface area contributed by atoms with Gasteiger partial charge in [-0.15, -0.1) is 11.8 Å². The topological polar surface area (TPSA) is 38.5 Å². The molecule has 0 unspecified atom stereocenters. The van der Waals surface area contributed by atoms with Crippen LogP contribution in [0.1, 0.15) is 18.4 Å². The lowest BCUT2D eigenvalue weighted by atomic mass is 10.1. The number of anilines is 1. The zero-order chi connectivity index (χ0) is 13.8. The normalized spacial score (nSPS) is 14.4. The molecule has 0 bridgehead atoms. The zero-order valence-electron chi connectivity index (χ0n) is 11.4. The minimum Gasteiger partial charge on any atom is -0.389 e. The maximum absolute atomic E-state index is 5.94. The van der Waals surface area contributed by atoms with Gasteiger partial charge < -0.3 is 15.4 Å². The molecule has 1 aromatic carbocycles. The Hall–Kier alpha value is -0.780. The number of thioether (sulfide) groups is 1. The molecule has 0 radical (unpaired) electrons. The summed E-state index contributed by atoms with van der Waals surface area (Å²) in [5.74, 6) is 0. The minimum absolute atomic E-state index is 0.475. The maximum atomic E-state index is 5.94. The molecule has 0 saturated heterocycles. The lowest BCUT2D eigenvalue weighted by Crippen LogP contribution is -2.31. The predicted octanol–water partition coefficient (Wildman–Crippen LogP) is 2.66. The van der Waals surface area contributed by atoms with Gasteiger partial charge in [-0.25, -0.2) is 0 Å². The molecule has 104 valence electrons. The van der Waals surface area contributed by atoms with Crippen molar-refractivity contribution in [1.82, 2.24) is 0 Å². The Morgan fingerprint density at radius 1 is 1.53 bits per heavy atom. The molecule has 0 spiro atoms. The van der Waals surface area contributed by atoms with Gasteiger partial charge in [-0.2, -0.15) is 0 Å². The summed E-state index contributed by atoms with van der Waals surface area (Å²) in [7, 11) is 1.73. The van der Waals surface area contributed by atoms with Crippen molar-refractivity contribution in [2.45, 2.75) is 23.8 Å². The first-order valence-electron chi connectivity index (χ1n) is 6.41. The summed E-state index contributed by atoms with van der Waals surface area (Å²) in [5.41, 5.74) is 8.10. The van der Waals surface area contributed by atoms with Gasteiger partial charge in [0.05, 0.1) is 6.61 Å². The molecule has 3 nitrogen and oxygen atoms in total. The van der Waals surface area contributed by atoms with Crippen molar-refractivity contribution in [2.24, 2.45) is 5.73 Å². The van der Waals surface area contributed by atoms with E-state index in [1.807, 2.05) is 0 Å². The first kappa shape index (κ1) is 14.6. The minimum atomic E-state index is 0.475. The van der Waals surface area contributed by atoms with Crippen molar-refractivity contribution >= 4 is 34.7 Å². The van der Waals surface area contributed by atoms with Crippen LogP contribution in [0.15, 0.2) is 23.1 Å². The van der Waals surface area contributed by atoms with Crippen molar-refractivity contribution in [3.63, 3.8) is 0 Å². The molecule has 0 heterocycles. The van der Waals surface area contributed by atoms with Crippen LogP contribution in [0.2, 0.25) is 0 Å². The van der Waals surface area contributed by atoms with Gasteiger partial charge in [0.15, 0.2) is 0 Å². The molecule has 1 aliphatic carbocycles. The monoisotopic (exact) mass is 296 g/mol. The van der Waals surface area contributed by atoms with E-state index in [0.717, 1.165) is 29.3 Å². The van der Waals surface area contributed by atoms with Crippen LogP contribution < -0.4 is 10.6 Å². The van der Waals surface area contributed by atoms with Crippen LogP contribution in [-0.2, 0) is 4.74 Å². The lowest BCUT2D eigenvalue weighted by Gasteiger charge is -2.27. The largest absolute Gasteiger partial charge is 0.389 e. The third-order valence-electron chi connectivity index (χ3n) is 3.30. The van der Waals surface area contributed by atoms with Crippen molar-refractivity contribution in [3.05, 3.63) is 23.8 Å². The average molecular weight is 296 g/mol. The molecule has 2 N–H and O–H groups in total. The average Bonchev–Trinajstić information content (AvgIpc) is 3.23. The molecular formula is C14H20N2OS2. The molecule has 1 saturated carbocycles. The number of methoxy groups -OCH3 is 1. The fourth-order valence-corrected chi connectivity index (χ4v) is 3.16. The molecule has 0 atom stereocenters. The molecule has 2 rings (SSSR count). The molecule has 1 aliphatic rings. The standard InChI is InChI=1S/C14H20N2OS2/c1-17-9-8-16(10-6-7-10)11-4-3-5-12(19-2)13(11)14(15)18/h3-5,10H,6-9H2,1-2H3,(H2,15,18). The number of ether oxygens (including phenoxy) is 1. The van der Waals surface area contributed by atoms with Gasteiger partial charge in [-0.1, -0.05) is 18.3 Å². The number of nitrogens with zero attached hydrogens (tertiary/aromatic N) is 1. The van der Waals surface area contributed by atoms with Gasteiger partial charge in [-0.3, -0.25) is 0 Å². The highest BCUT2D eigenvalue weighted by atomic mass is 32.2. The van der Waals surface area contributed by atoms with E-state index in [9.17, 15) is 0 Å².